The van der Waals surface area contributed by atoms with Gasteiger partial charge in [0.05, 0.1) is 33.6 Å². The van der Waals surface area contributed by atoms with Crippen LogP contribution in [-0.2, 0) is 12.0 Å². The van der Waals surface area contributed by atoms with Crippen molar-refractivity contribution in [1.29, 1.82) is 0 Å². The highest BCUT2D eigenvalue weighted by atomic mass is 32.1. The van der Waals surface area contributed by atoms with Gasteiger partial charge in [-0.05, 0) is 68.3 Å². The third-order valence-electron chi connectivity index (χ3n) is 5.61. The summed E-state index contributed by atoms with van der Waals surface area (Å²) in [6.45, 7) is 8.09. The highest BCUT2D eigenvalue weighted by molar-refractivity contribution is 7.13. The first kappa shape index (κ1) is 22.8. The third kappa shape index (κ3) is 4.85. The number of hydrogen-bond acceptors (Lipinski definition) is 6. The molecule has 0 saturated heterocycles. The molecule has 0 radical (unpaired) electrons. The zero-order valence-corrected chi connectivity index (χ0v) is 20.2. The topological polar surface area (TPSA) is 85.6 Å². The van der Waals surface area contributed by atoms with Crippen molar-refractivity contribution in [3.63, 3.8) is 0 Å². The van der Waals surface area contributed by atoms with Gasteiger partial charge in [0, 0.05) is 18.6 Å². The monoisotopic (exact) mass is 460 g/mol. The highest BCUT2D eigenvalue weighted by Gasteiger charge is 2.27. The van der Waals surface area contributed by atoms with Crippen molar-refractivity contribution >= 4 is 17.2 Å². The summed E-state index contributed by atoms with van der Waals surface area (Å²) in [6.07, 6.45) is 9.54. The summed E-state index contributed by atoms with van der Waals surface area (Å²) in [5.41, 5.74) is 3.68. The fourth-order valence-electron chi connectivity index (χ4n) is 3.71. The molecule has 1 amide bonds. The molecule has 0 aliphatic rings. The molecule has 0 bridgehead atoms. The van der Waals surface area contributed by atoms with Gasteiger partial charge in [-0.25, -0.2) is 14.6 Å². The third-order valence-corrected chi connectivity index (χ3v) is 6.49. The number of pyridine rings is 1. The van der Waals surface area contributed by atoms with E-state index < -0.39 is 5.54 Å². The number of carbonyl (C=O) groups is 1. The number of rotatable bonds is 8. The molecule has 0 spiro atoms. The van der Waals surface area contributed by atoms with E-state index in [-0.39, 0.29) is 5.91 Å². The number of hydrogen-bond donors (Lipinski definition) is 1. The van der Waals surface area contributed by atoms with Gasteiger partial charge < -0.3 is 5.32 Å². The summed E-state index contributed by atoms with van der Waals surface area (Å²) in [7, 11) is 0. The van der Waals surface area contributed by atoms with Gasteiger partial charge in [-0.1, -0.05) is 19.4 Å². The lowest BCUT2D eigenvalue weighted by atomic mass is 9.95. The SMILES string of the molecule is CCCCc1c(C(=O)NC(C)(C)c2ccncc2)cnn1-c1ncc(C)c(-c2cccs2)n1. The Morgan fingerprint density at radius 1 is 1.18 bits per heavy atom. The van der Waals surface area contributed by atoms with E-state index in [4.69, 9.17) is 4.98 Å². The lowest BCUT2D eigenvalue weighted by Gasteiger charge is -2.26. The molecule has 170 valence electrons. The van der Waals surface area contributed by atoms with E-state index >= 15 is 0 Å². The second kappa shape index (κ2) is 9.62. The molecule has 0 saturated carbocycles. The van der Waals surface area contributed by atoms with Crippen LogP contribution in [0.3, 0.4) is 0 Å². The maximum atomic E-state index is 13.4. The number of thiophene rings is 1. The van der Waals surface area contributed by atoms with Crippen LogP contribution in [-0.4, -0.2) is 30.6 Å². The standard InChI is InChI=1S/C25H28N6OS/c1-5-6-8-20-19(23(32)30-25(3,4)18-10-12-26-13-11-18)16-28-31(20)24-27-15-17(2)22(29-24)21-9-7-14-33-21/h7,9-16H,5-6,8H2,1-4H3,(H,30,32). The van der Waals surface area contributed by atoms with Crippen molar-refractivity contribution in [3.05, 3.63) is 76.8 Å². The van der Waals surface area contributed by atoms with Gasteiger partial charge in [-0.3, -0.25) is 9.78 Å². The van der Waals surface area contributed by atoms with Crippen molar-refractivity contribution in [3.8, 4) is 16.5 Å². The molecule has 8 heteroatoms. The molecule has 0 fully saturated rings. The zero-order chi connectivity index (χ0) is 23.4. The molecule has 4 rings (SSSR count). The van der Waals surface area contributed by atoms with E-state index in [0.29, 0.717) is 17.9 Å². The second-order valence-corrected chi connectivity index (χ2v) is 9.46. The highest BCUT2D eigenvalue weighted by Crippen LogP contribution is 2.27. The van der Waals surface area contributed by atoms with Gasteiger partial charge in [0.2, 0.25) is 0 Å². The van der Waals surface area contributed by atoms with Crippen LogP contribution in [0.5, 0.6) is 0 Å². The number of aromatic nitrogens is 5. The molecule has 0 aliphatic carbocycles. The Balaban J connectivity index is 1.70. The number of nitrogens with one attached hydrogen (secondary N) is 1. The van der Waals surface area contributed by atoms with E-state index in [9.17, 15) is 4.79 Å². The Labute approximate surface area is 198 Å². The van der Waals surface area contributed by atoms with Crippen molar-refractivity contribution in [2.24, 2.45) is 0 Å². The molecule has 0 atom stereocenters. The van der Waals surface area contributed by atoms with Crippen LogP contribution < -0.4 is 5.32 Å². The Kier molecular flexibility index (Phi) is 6.65. The maximum absolute atomic E-state index is 13.4. The Bertz CT molecular complexity index is 1230. The summed E-state index contributed by atoms with van der Waals surface area (Å²) < 4.78 is 1.71. The van der Waals surface area contributed by atoms with E-state index in [1.165, 1.54) is 0 Å². The molecule has 1 N–H and O–H groups in total. The Hall–Kier alpha value is -3.39. The predicted octanol–water partition coefficient (Wildman–Crippen LogP) is 5.10. The number of nitrogens with zero attached hydrogens (tertiary/aromatic N) is 5. The average molecular weight is 461 g/mol. The molecular formula is C25H28N6OS. The van der Waals surface area contributed by atoms with Crippen LogP contribution in [0.1, 0.15) is 60.8 Å². The van der Waals surface area contributed by atoms with Crippen molar-refractivity contribution in [1.82, 2.24) is 30.0 Å². The van der Waals surface area contributed by atoms with Crippen LogP contribution in [0.25, 0.3) is 16.5 Å². The summed E-state index contributed by atoms with van der Waals surface area (Å²) in [4.78, 5) is 27.9. The molecule has 33 heavy (non-hydrogen) atoms. The van der Waals surface area contributed by atoms with Crippen molar-refractivity contribution < 1.29 is 4.79 Å². The van der Waals surface area contributed by atoms with Crippen LogP contribution in [0.15, 0.2) is 54.4 Å². The normalized spacial score (nSPS) is 11.5. The van der Waals surface area contributed by atoms with Gasteiger partial charge in [-0.15, -0.1) is 11.3 Å². The number of carbonyl (C=O) groups excluding carboxylic acids is 1. The van der Waals surface area contributed by atoms with Gasteiger partial charge in [-0.2, -0.15) is 5.10 Å². The molecule has 0 unspecified atom stereocenters. The van der Waals surface area contributed by atoms with Crippen molar-refractivity contribution in [2.45, 2.75) is 52.5 Å². The predicted molar refractivity (Wildman–Crippen MR) is 131 cm³/mol. The largest absolute Gasteiger partial charge is 0.343 e. The first-order chi connectivity index (χ1) is 15.9. The lowest BCUT2D eigenvalue weighted by Crippen LogP contribution is -2.41. The molecule has 0 aromatic carbocycles. The molecule has 4 heterocycles. The second-order valence-electron chi connectivity index (χ2n) is 8.51. The first-order valence-corrected chi connectivity index (χ1v) is 12.0. The summed E-state index contributed by atoms with van der Waals surface area (Å²) in [5.74, 6) is 0.308. The molecule has 0 aliphatic heterocycles. The fourth-order valence-corrected chi connectivity index (χ4v) is 4.49. The minimum atomic E-state index is -0.559. The molecular weight excluding hydrogens is 432 g/mol. The minimum absolute atomic E-state index is 0.167. The van der Waals surface area contributed by atoms with E-state index in [0.717, 1.165) is 40.2 Å². The summed E-state index contributed by atoms with van der Waals surface area (Å²) in [6, 6.07) is 7.88. The molecule has 4 aromatic heterocycles. The summed E-state index contributed by atoms with van der Waals surface area (Å²) in [5, 5.41) is 9.73. The number of unbranched alkanes of at least 4 members (excludes halogenated alkanes) is 1. The molecule has 7 nitrogen and oxygen atoms in total. The quantitative estimate of drug-likeness (QED) is 0.395. The van der Waals surface area contributed by atoms with E-state index in [1.807, 2.05) is 56.6 Å². The van der Waals surface area contributed by atoms with Crippen molar-refractivity contribution in [2.75, 3.05) is 0 Å². The number of aryl methyl sites for hydroxylation is 1. The van der Waals surface area contributed by atoms with Gasteiger partial charge >= 0.3 is 0 Å². The smallest absolute Gasteiger partial charge is 0.255 e. The summed E-state index contributed by atoms with van der Waals surface area (Å²) >= 11 is 1.64. The van der Waals surface area contributed by atoms with Crippen LogP contribution >= 0.6 is 11.3 Å². The Morgan fingerprint density at radius 2 is 1.97 bits per heavy atom. The fraction of sp³-hybridized carbons (Fsp3) is 0.320. The molecule has 4 aromatic rings. The van der Waals surface area contributed by atoms with Crippen LogP contribution in [0, 0.1) is 6.92 Å². The average Bonchev–Trinajstić information content (AvgIpc) is 3.49. The van der Waals surface area contributed by atoms with E-state index in [1.54, 1.807) is 34.6 Å². The van der Waals surface area contributed by atoms with Gasteiger partial charge in [0.25, 0.3) is 11.9 Å². The zero-order valence-electron chi connectivity index (χ0n) is 19.4. The first-order valence-electron chi connectivity index (χ1n) is 11.1. The Morgan fingerprint density at radius 3 is 2.67 bits per heavy atom. The van der Waals surface area contributed by atoms with Gasteiger partial charge in [0.1, 0.15) is 0 Å². The maximum Gasteiger partial charge on any atom is 0.255 e. The number of amides is 1. The van der Waals surface area contributed by atoms with Crippen LogP contribution in [0.2, 0.25) is 0 Å². The minimum Gasteiger partial charge on any atom is -0.343 e. The van der Waals surface area contributed by atoms with Crippen LogP contribution in [0.4, 0.5) is 0 Å². The van der Waals surface area contributed by atoms with E-state index in [2.05, 4.69) is 27.3 Å². The van der Waals surface area contributed by atoms with Gasteiger partial charge in [0.15, 0.2) is 0 Å². The lowest BCUT2D eigenvalue weighted by molar-refractivity contribution is 0.0911.